The number of halogens is 1. The summed E-state index contributed by atoms with van der Waals surface area (Å²) in [5, 5.41) is 3.42. The van der Waals surface area contributed by atoms with E-state index >= 15 is 0 Å². The van der Waals surface area contributed by atoms with Gasteiger partial charge in [0, 0.05) is 12.7 Å². The van der Waals surface area contributed by atoms with Gasteiger partial charge >= 0.3 is 0 Å². The standard InChI is InChI=1S/C17H19ClN2O2/c1-12(2)22-16-7-6-13(11-14(16)18)8-10-20-17(21)15-5-3-4-9-19-15/h3-7,9,11-12H,8,10H2,1-2H3,(H,20,21). The Morgan fingerprint density at radius 2 is 2.14 bits per heavy atom. The number of carbonyl (C=O) groups excluding carboxylic acids is 1. The van der Waals surface area contributed by atoms with Gasteiger partial charge in [0.1, 0.15) is 11.4 Å². The predicted molar refractivity (Wildman–Crippen MR) is 87.5 cm³/mol. The van der Waals surface area contributed by atoms with E-state index in [9.17, 15) is 4.79 Å². The summed E-state index contributed by atoms with van der Waals surface area (Å²) in [5.41, 5.74) is 1.46. The van der Waals surface area contributed by atoms with Crippen LogP contribution in [0.2, 0.25) is 5.02 Å². The number of aromatic nitrogens is 1. The van der Waals surface area contributed by atoms with Crippen molar-refractivity contribution >= 4 is 17.5 Å². The van der Waals surface area contributed by atoms with Gasteiger partial charge in [0.2, 0.25) is 0 Å². The van der Waals surface area contributed by atoms with Crippen LogP contribution >= 0.6 is 11.6 Å². The van der Waals surface area contributed by atoms with Crippen molar-refractivity contribution < 1.29 is 9.53 Å². The van der Waals surface area contributed by atoms with Crippen molar-refractivity contribution in [1.82, 2.24) is 10.3 Å². The van der Waals surface area contributed by atoms with Gasteiger partial charge in [0.05, 0.1) is 11.1 Å². The summed E-state index contributed by atoms with van der Waals surface area (Å²) in [5.74, 6) is 0.504. The molecule has 0 spiro atoms. The lowest BCUT2D eigenvalue weighted by atomic mass is 10.1. The monoisotopic (exact) mass is 318 g/mol. The molecule has 116 valence electrons. The van der Waals surface area contributed by atoms with Crippen molar-refractivity contribution in [3.63, 3.8) is 0 Å². The molecule has 0 fully saturated rings. The predicted octanol–water partition coefficient (Wildman–Crippen LogP) is 3.49. The summed E-state index contributed by atoms with van der Waals surface area (Å²) in [4.78, 5) is 15.9. The number of ether oxygens (including phenoxy) is 1. The second-order valence-electron chi connectivity index (χ2n) is 5.15. The van der Waals surface area contributed by atoms with E-state index in [0.29, 0.717) is 29.4 Å². The maximum atomic E-state index is 11.9. The van der Waals surface area contributed by atoms with Crippen LogP contribution in [0.5, 0.6) is 5.75 Å². The molecule has 0 bridgehead atoms. The number of benzene rings is 1. The molecule has 0 radical (unpaired) electrons. The summed E-state index contributed by atoms with van der Waals surface area (Å²) >= 11 is 6.19. The van der Waals surface area contributed by atoms with Gasteiger partial charge in [0.15, 0.2) is 0 Å². The second kappa shape index (κ2) is 7.80. The number of amides is 1. The molecular weight excluding hydrogens is 300 g/mol. The maximum absolute atomic E-state index is 11.9. The lowest BCUT2D eigenvalue weighted by Gasteiger charge is -2.12. The van der Waals surface area contributed by atoms with E-state index in [1.54, 1.807) is 24.4 Å². The molecule has 0 aliphatic rings. The van der Waals surface area contributed by atoms with E-state index in [4.69, 9.17) is 16.3 Å². The Labute approximate surface area is 135 Å². The lowest BCUT2D eigenvalue weighted by molar-refractivity contribution is 0.0949. The highest BCUT2D eigenvalue weighted by Gasteiger charge is 2.07. The van der Waals surface area contributed by atoms with Crippen molar-refractivity contribution in [3.8, 4) is 5.75 Å². The molecule has 0 aliphatic carbocycles. The zero-order chi connectivity index (χ0) is 15.9. The van der Waals surface area contributed by atoms with Crippen LogP contribution in [0, 0.1) is 0 Å². The van der Waals surface area contributed by atoms with Gasteiger partial charge in [-0.15, -0.1) is 0 Å². The lowest BCUT2D eigenvalue weighted by Crippen LogP contribution is -2.26. The number of nitrogens with zero attached hydrogens (tertiary/aromatic N) is 1. The van der Waals surface area contributed by atoms with Gasteiger partial charge in [-0.05, 0) is 50.1 Å². The van der Waals surface area contributed by atoms with Crippen molar-refractivity contribution in [3.05, 3.63) is 58.9 Å². The summed E-state index contributed by atoms with van der Waals surface area (Å²) in [6, 6.07) is 10.9. The highest BCUT2D eigenvalue weighted by molar-refractivity contribution is 6.32. The molecule has 0 atom stereocenters. The van der Waals surface area contributed by atoms with Gasteiger partial charge in [-0.3, -0.25) is 9.78 Å². The highest BCUT2D eigenvalue weighted by atomic mass is 35.5. The van der Waals surface area contributed by atoms with E-state index in [1.165, 1.54) is 0 Å². The van der Waals surface area contributed by atoms with Crippen LogP contribution in [0.25, 0.3) is 0 Å². The molecule has 22 heavy (non-hydrogen) atoms. The topological polar surface area (TPSA) is 51.2 Å². The molecular formula is C17H19ClN2O2. The molecule has 2 rings (SSSR count). The fourth-order valence-corrected chi connectivity index (χ4v) is 2.21. The van der Waals surface area contributed by atoms with Gasteiger partial charge in [0.25, 0.3) is 5.91 Å². The SMILES string of the molecule is CC(C)Oc1ccc(CCNC(=O)c2ccccn2)cc1Cl. The summed E-state index contributed by atoms with van der Waals surface area (Å²) in [6.45, 7) is 4.44. The quantitative estimate of drug-likeness (QED) is 0.887. The van der Waals surface area contributed by atoms with Crippen molar-refractivity contribution in [2.45, 2.75) is 26.4 Å². The average molecular weight is 319 g/mol. The summed E-state index contributed by atoms with van der Waals surface area (Å²) < 4.78 is 5.59. The zero-order valence-electron chi connectivity index (χ0n) is 12.7. The molecule has 1 N–H and O–H groups in total. The van der Waals surface area contributed by atoms with Gasteiger partial charge < -0.3 is 10.1 Å². The average Bonchev–Trinajstić information content (AvgIpc) is 2.50. The first-order valence-electron chi connectivity index (χ1n) is 7.20. The maximum Gasteiger partial charge on any atom is 0.269 e. The molecule has 0 saturated heterocycles. The largest absolute Gasteiger partial charge is 0.489 e. The molecule has 1 aromatic carbocycles. The number of hydrogen-bond donors (Lipinski definition) is 1. The van der Waals surface area contributed by atoms with Crippen molar-refractivity contribution in [2.75, 3.05) is 6.54 Å². The van der Waals surface area contributed by atoms with E-state index < -0.39 is 0 Å². The molecule has 1 heterocycles. The first-order valence-corrected chi connectivity index (χ1v) is 7.58. The summed E-state index contributed by atoms with van der Waals surface area (Å²) in [7, 11) is 0. The van der Waals surface area contributed by atoms with Crippen LogP contribution in [-0.4, -0.2) is 23.5 Å². The number of rotatable bonds is 6. The molecule has 5 heteroatoms. The fourth-order valence-electron chi connectivity index (χ4n) is 1.96. The minimum Gasteiger partial charge on any atom is -0.489 e. The molecule has 2 aromatic rings. The van der Waals surface area contributed by atoms with Crippen LogP contribution in [-0.2, 0) is 6.42 Å². The zero-order valence-corrected chi connectivity index (χ0v) is 13.4. The van der Waals surface area contributed by atoms with Gasteiger partial charge in [-0.1, -0.05) is 23.7 Å². The minimum atomic E-state index is -0.175. The van der Waals surface area contributed by atoms with E-state index in [2.05, 4.69) is 10.3 Å². The Morgan fingerprint density at radius 1 is 1.32 bits per heavy atom. The number of nitrogens with one attached hydrogen (secondary N) is 1. The van der Waals surface area contributed by atoms with E-state index in [-0.39, 0.29) is 12.0 Å². The van der Waals surface area contributed by atoms with Gasteiger partial charge in [-0.2, -0.15) is 0 Å². The number of carbonyl (C=O) groups is 1. The summed E-state index contributed by atoms with van der Waals surface area (Å²) in [6.07, 6.45) is 2.38. The normalized spacial score (nSPS) is 10.5. The molecule has 0 saturated carbocycles. The van der Waals surface area contributed by atoms with E-state index in [1.807, 2.05) is 32.0 Å². The molecule has 0 aliphatic heterocycles. The third-order valence-electron chi connectivity index (χ3n) is 2.96. The molecule has 1 aromatic heterocycles. The third kappa shape index (κ3) is 4.74. The van der Waals surface area contributed by atoms with Crippen LogP contribution in [0.4, 0.5) is 0 Å². The van der Waals surface area contributed by atoms with Gasteiger partial charge in [-0.25, -0.2) is 0 Å². The fraction of sp³-hybridized carbons (Fsp3) is 0.294. The first-order chi connectivity index (χ1) is 10.6. The minimum absolute atomic E-state index is 0.0843. The Morgan fingerprint density at radius 3 is 2.77 bits per heavy atom. The third-order valence-corrected chi connectivity index (χ3v) is 3.25. The van der Waals surface area contributed by atoms with Crippen LogP contribution in [0.15, 0.2) is 42.6 Å². The van der Waals surface area contributed by atoms with Crippen LogP contribution < -0.4 is 10.1 Å². The first kappa shape index (κ1) is 16.3. The smallest absolute Gasteiger partial charge is 0.269 e. The molecule has 4 nitrogen and oxygen atoms in total. The van der Waals surface area contributed by atoms with Crippen LogP contribution in [0.1, 0.15) is 29.9 Å². The molecule has 1 amide bonds. The number of pyridine rings is 1. The Bertz CT molecular complexity index is 630. The Kier molecular flexibility index (Phi) is 5.78. The second-order valence-corrected chi connectivity index (χ2v) is 5.56. The van der Waals surface area contributed by atoms with Crippen molar-refractivity contribution in [2.24, 2.45) is 0 Å². The highest BCUT2D eigenvalue weighted by Crippen LogP contribution is 2.26. The van der Waals surface area contributed by atoms with E-state index in [0.717, 1.165) is 5.56 Å². The Balaban J connectivity index is 1.87. The van der Waals surface area contributed by atoms with Crippen molar-refractivity contribution in [1.29, 1.82) is 0 Å². The molecule has 0 unspecified atom stereocenters. The number of hydrogen-bond acceptors (Lipinski definition) is 3. The van der Waals surface area contributed by atoms with Crippen LogP contribution in [0.3, 0.4) is 0 Å². The Hall–Kier alpha value is -2.07.